The number of imide groups is 1. The third-order valence-corrected chi connectivity index (χ3v) is 5.85. The van der Waals surface area contributed by atoms with Crippen molar-refractivity contribution in [2.75, 3.05) is 10.2 Å². The minimum atomic E-state index is -0.388. The van der Waals surface area contributed by atoms with Gasteiger partial charge in [-0.2, -0.15) is 0 Å². The summed E-state index contributed by atoms with van der Waals surface area (Å²) in [6, 6.07) is 18.4. The van der Waals surface area contributed by atoms with E-state index in [2.05, 4.69) is 5.32 Å². The lowest BCUT2D eigenvalue weighted by Gasteiger charge is -2.16. The number of anilines is 2. The molecule has 2 amide bonds. The van der Waals surface area contributed by atoms with Gasteiger partial charge in [0.1, 0.15) is 5.70 Å². The summed E-state index contributed by atoms with van der Waals surface area (Å²) in [7, 11) is 0. The van der Waals surface area contributed by atoms with Crippen molar-refractivity contribution in [2.45, 2.75) is 27.7 Å². The van der Waals surface area contributed by atoms with E-state index in [9.17, 15) is 9.59 Å². The zero-order chi connectivity index (χ0) is 22.3. The van der Waals surface area contributed by atoms with Gasteiger partial charge in [-0.15, -0.1) is 0 Å². The molecule has 156 valence electrons. The van der Waals surface area contributed by atoms with Gasteiger partial charge < -0.3 is 5.32 Å². The van der Waals surface area contributed by atoms with E-state index in [1.54, 1.807) is 24.3 Å². The summed E-state index contributed by atoms with van der Waals surface area (Å²) >= 11 is 6.00. The number of halogens is 1. The normalized spacial score (nSPS) is 13.9. The number of hydrogen-bond acceptors (Lipinski definition) is 3. The highest BCUT2D eigenvalue weighted by Gasteiger charge is 2.40. The maximum atomic E-state index is 13.5. The average Bonchev–Trinajstić information content (AvgIpc) is 2.96. The Bertz CT molecular complexity index is 1240. The van der Waals surface area contributed by atoms with Crippen molar-refractivity contribution in [3.8, 4) is 0 Å². The number of nitrogens with zero attached hydrogens (tertiary/aromatic N) is 1. The second-order valence-electron chi connectivity index (χ2n) is 7.91. The molecule has 0 saturated heterocycles. The monoisotopic (exact) mass is 430 g/mol. The maximum Gasteiger partial charge on any atom is 0.282 e. The molecule has 0 saturated carbocycles. The third-order valence-electron chi connectivity index (χ3n) is 5.60. The van der Waals surface area contributed by atoms with Crippen LogP contribution in [0.5, 0.6) is 0 Å². The lowest BCUT2D eigenvalue weighted by atomic mass is 9.97. The highest BCUT2D eigenvalue weighted by Crippen LogP contribution is 2.35. The van der Waals surface area contributed by atoms with Crippen LogP contribution in [0, 0.1) is 27.7 Å². The van der Waals surface area contributed by atoms with Crippen molar-refractivity contribution < 1.29 is 9.59 Å². The molecule has 1 N–H and O–H groups in total. The zero-order valence-electron chi connectivity index (χ0n) is 17.9. The number of nitrogens with one attached hydrogen (secondary N) is 1. The van der Waals surface area contributed by atoms with Gasteiger partial charge in [0.15, 0.2) is 0 Å². The van der Waals surface area contributed by atoms with Crippen molar-refractivity contribution in [3.63, 3.8) is 0 Å². The van der Waals surface area contributed by atoms with Gasteiger partial charge in [0.25, 0.3) is 11.8 Å². The van der Waals surface area contributed by atoms with Crippen LogP contribution in [0.2, 0.25) is 5.02 Å². The minimum absolute atomic E-state index is 0.273. The quantitative estimate of drug-likeness (QED) is 0.518. The Kier molecular flexibility index (Phi) is 5.42. The molecule has 4 rings (SSSR count). The number of rotatable bonds is 4. The molecule has 0 radical (unpaired) electrons. The van der Waals surface area contributed by atoms with Crippen LogP contribution in [0.1, 0.15) is 27.8 Å². The first kappa shape index (κ1) is 20.9. The van der Waals surface area contributed by atoms with Crippen molar-refractivity contribution in [2.24, 2.45) is 0 Å². The topological polar surface area (TPSA) is 49.4 Å². The maximum absolute atomic E-state index is 13.5. The average molecular weight is 431 g/mol. The van der Waals surface area contributed by atoms with E-state index in [1.165, 1.54) is 4.90 Å². The summed E-state index contributed by atoms with van der Waals surface area (Å²) in [6.07, 6.45) is 0. The number of aryl methyl sites for hydroxylation is 4. The molecule has 0 spiro atoms. The van der Waals surface area contributed by atoms with E-state index < -0.39 is 0 Å². The first-order chi connectivity index (χ1) is 14.8. The molecule has 1 aliphatic heterocycles. The van der Waals surface area contributed by atoms with E-state index in [4.69, 9.17) is 11.6 Å². The molecule has 5 heteroatoms. The lowest BCUT2D eigenvalue weighted by molar-refractivity contribution is -0.120. The van der Waals surface area contributed by atoms with Gasteiger partial charge in [-0.1, -0.05) is 41.4 Å². The zero-order valence-corrected chi connectivity index (χ0v) is 18.7. The van der Waals surface area contributed by atoms with E-state index in [1.807, 2.05) is 64.1 Å². The second-order valence-corrected chi connectivity index (χ2v) is 8.35. The highest BCUT2D eigenvalue weighted by atomic mass is 35.5. The molecule has 1 heterocycles. The minimum Gasteiger partial charge on any atom is -0.350 e. The van der Waals surface area contributed by atoms with Gasteiger partial charge in [-0.25, -0.2) is 4.90 Å². The number of amides is 2. The predicted molar refractivity (Wildman–Crippen MR) is 126 cm³/mol. The van der Waals surface area contributed by atoms with Gasteiger partial charge in [0.05, 0.1) is 11.3 Å². The van der Waals surface area contributed by atoms with Crippen LogP contribution in [-0.2, 0) is 9.59 Å². The largest absolute Gasteiger partial charge is 0.350 e. The molecule has 1 aliphatic rings. The third kappa shape index (κ3) is 3.87. The van der Waals surface area contributed by atoms with Crippen LogP contribution >= 0.6 is 11.6 Å². The molecule has 0 atom stereocenters. The lowest BCUT2D eigenvalue weighted by Crippen LogP contribution is -2.32. The summed E-state index contributed by atoms with van der Waals surface area (Å²) in [5, 5.41) is 3.77. The predicted octanol–water partition coefficient (Wildman–Crippen LogP) is 5.97. The first-order valence-corrected chi connectivity index (χ1v) is 10.4. The Morgan fingerprint density at radius 2 is 1.45 bits per heavy atom. The molecule has 0 fully saturated rings. The van der Waals surface area contributed by atoms with Gasteiger partial charge in [-0.05, 0) is 86.3 Å². The summed E-state index contributed by atoms with van der Waals surface area (Å²) in [4.78, 5) is 28.2. The molecule has 3 aromatic rings. The molecule has 31 heavy (non-hydrogen) atoms. The molecular weight excluding hydrogens is 408 g/mol. The summed E-state index contributed by atoms with van der Waals surface area (Å²) in [5.41, 5.74) is 6.93. The SMILES string of the molecule is Cc1ccc(C2=C(Nc3ccc(C)c(C)c3)C(=O)N(c3ccc(Cl)cc3)C2=O)c(C)c1. The van der Waals surface area contributed by atoms with E-state index in [0.717, 1.165) is 33.5 Å². The van der Waals surface area contributed by atoms with Gasteiger partial charge >= 0.3 is 0 Å². The van der Waals surface area contributed by atoms with Crippen molar-refractivity contribution in [1.82, 2.24) is 0 Å². The first-order valence-electron chi connectivity index (χ1n) is 10.1. The Hall–Kier alpha value is -3.37. The van der Waals surface area contributed by atoms with Crippen LogP contribution in [0.25, 0.3) is 5.57 Å². The standard InChI is InChI=1S/C26H23ClN2O2/c1-15-5-12-22(18(4)13-15)23-24(28-20-9-6-16(2)17(3)14-20)26(31)29(25(23)30)21-10-7-19(27)8-11-21/h5-14,28H,1-4H3. The van der Waals surface area contributed by atoms with Crippen molar-refractivity contribution in [1.29, 1.82) is 0 Å². The second kappa shape index (κ2) is 8.05. The number of carbonyl (C=O) groups is 2. The summed E-state index contributed by atoms with van der Waals surface area (Å²) in [6.45, 7) is 8.00. The van der Waals surface area contributed by atoms with Crippen molar-refractivity contribution in [3.05, 3.63) is 99.2 Å². The van der Waals surface area contributed by atoms with Gasteiger partial charge in [-0.3, -0.25) is 9.59 Å². The number of benzene rings is 3. The molecule has 4 nitrogen and oxygen atoms in total. The fourth-order valence-corrected chi connectivity index (χ4v) is 3.90. The number of hydrogen-bond donors (Lipinski definition) is 1. The molecule has 3 aromatic carbocycles. The Morgan fingerprint density at radius 3 is 2.10 bits per heavy atom. The summed E-state index contributed by atoms with van der Waals surface area (Å²) in [5.74, 6) is -0.744. The van der Waals surface area contributed by atoms with Crippen LogP contribution < -0.4 is 10.2 Å². The molecule has 0 aromatic heterocycles. The van der Waals surface area contributed by atoms with Gasteiger partial charge in [0, 0.05) is 10.7 Å². The molecule has 0 aliphatic carbocycles. The van der Waals surface area contributed by atoms with E-state index in [-0.39, 0.29) is 17.5 Å². The Balaban J connectivity index is 1.85. The molecular formula is C26H23ClN2O2. The van der Waals surface area contributed by atoms with E-state index in [0.29, 0.717) is 16.3 Å². The highest BCUT2D eigenvalue weighted by molar-refractivity contribution is 6.46. The number of carbonyl (C=O) groups excluding carboxylic acids is 2. The molecule has 0 unspecified atom stereocenters. The fourth-order valence-electron chi connectivity index (χ4n) is 3.78. The Labute approximate surface area is 187 Å². The molecule has 0 bridgehead atoms. The van der Waals surface area contributed by atoms with Gasteiger partial charge in [0.2, 0.25) is 0 Å². The van der Waals surface area contributed by atoms with Crippen LogP contribution in [0.15, 0.2) is 66.4 Å². The van der Waals surface area contributed by atoms with Crippen molar-refractivity contribution >= 4 is 40.4 Å². The smallest absolute Gasteiger partial charge is 0.282 e. The van der Waals surface area contributed by atoms with E-state index >= 15 is 0 Å². The Morgan fingerprint density at radius 1 is 0.742 bits per heavy atom. The van der Waals surface area contributed by atoms with Crippen LogP contribution in [0.3, 0.4) is 0 Å². The summed E-state index contributed by atoms with van der Waals surface area (Å²) < 4.78 is 0. The fraction of sp³-hybridized carbons (Fsp3) is 0.154. The van der Waals surface area contributed by atoms with Crippen LogP contribution in [-0.4, -0.2) is 11.8 Å². The van der Waals surface area contributed by atoms with Crippen LogP contribution in [0.4, 0.5) is 11.4 Å².